The Labute approximate surface area is 225 Å². The first-order valence-electron chi connectivity index (χ1n) is 11.3. The summed E-state index contributed by atoms with van der Waals surface area (Å²) >= 11 is 0. The zero-order valence-electron chi connectivity index (χ0n) is 20.7. The minimum absolute atomic E-state index is 0. The first-order valence-corrected chi connectivity index (χ1v) is 12.8. The fourth-order valence-electron chi connectivity index (χ4n) is 3.26. The Kier molecular flexibility index (Phi) is 14.7. The van der Waals surface area contributed by atoms with Gasteiger partial charge in [-0.05, 0) is 57.4 Å². The van der Waals surface area contributed by atoms with Crippen molar-refractivity contribution in [3.8, 4) is 0 Å². The van der Waals surface area contributed by atoms with Crippen LogP contribution >= 0.6 is 7.92 Å². The molecule has 4 rings (SSSR count). The van der Waals surface area contributed by atoms with Crippen LogP contribution in [-0.2, 0) is 25.2 Å². The standard InChI is InChI=1S/C18H15P.C10H14N.C2H4O2.Pd/c1-4-10-16(11-5-1)19(17-12-6-2-7-13-17)18-14-8-3-9-15-18;1-9(11(2)3)10-7-5-4-6-8-10;1-2(3)4;/h1-15H;4-7,9H,1-3H3;1H3,(H,3,4);/q;-1;;+2/p+1/t;9-;;/m.1../s1. The zero-order chi connectivity index (χ0) is 24.8. The molecule has 1 atom stereocenters. The number of hydrogen-bond acceptors (Lipinski definition) is 2. The van der Waals surface area contributed by atoms with Gasteiger partial charge in [-0.3, -0.25) is 4.79 Å². The summed E-state index contributed by atoms with van der Waals surface area (Å²) in [6, 6.07) is 44.3. The van der Waals surface area contributed by atoms with Crippen molar-refractivity contribution in [3.05, 3.63) is 127 Å². The van der Waals surface area contributed by atoms with E-state index < -0.39 is 13.9 Å². The Balaban J connectivity index is 0.000000327. The number of carboxylic acid groups (broad SMARTS) is 1. The van der Waals surface area contributed by atoms with Gasteiger partial charge in [-0.1, -0.05) is 54.6 Å². The van der Waals surface area contributed by atoms with Crippen LogP contribution in [-0.4, -0.2) is 30.1 Å². The summed E-state index contributed by atoms with van der Waals surface area (Å²) in [5, 5.41) is 11.7. The Morgan fingerprint density at radius 3 is 1.37 bits per heavy atom. The van der Waals surface area contributed by atoms with Gasteiger partial charge in [0.15, 0.2) is 0 Å². The number of rotatable bonds is 5. The molecule has 0 aliphatic carbocycles. The van der Waals surface area contributed by atoms with Crippen molar-refractivity contribution in [2.24, 2.45) is 0 Å². The van der Waals surface area contributed by atoms with Crippen molar-refractivity contribution < 1.29 is 30.3 Å². The Morgan fingerprint density at radius 1 is 0.743 bits per heavy atom. The smallest absolute Gasteiger partial charge is 0.481 e. The summed E-state index contributed by atoms with van der Waals surface area (Å²) in [5.41, 5.74) is 1.25. The molecule has 0 saturated carbocycles. The van der Waals surface area contributed by atoms with E-state index in [9.17, 15) is 0 Å². The molecule has 0 aliphatic rings. The van der Waals surface area contributed by atoms with E-state index in [1.54, 1.807) is 0 Å². The normalized spacial score (nSPS) is 10.7. The molecule has 0 aliphatic heterocycles. The average molecular weight is 578 g/mol. The second-order valence-corrected chi connectivity index (χ2v) is 10.4. The summed E-state index contributed by atoms with van der Waals surface area (Å²) in [5.74, 6) is -0.833. The number of aliphatic carboxylic acids is 1. The Bertz CT molecular complexity index is 980. The Morgan fingerprint density at radius 2 is 1.09 bits per heavy atom. The molecule has 35 heavy (non-hydrogen) atoms. The summed E-state index contributed by atoms with van der Waals surface area (Å²) in [7, 11) is 3.27. The van der Waals surface area contributed by atoms with Gasteiger partial charge in [0.1, 0.15) is 15.9 Å². The average Bonchev–Trinajstić information content (AvgIpc) is 2.86. The van der Waals surface area contributed by atoms with Crippen molar-refractivity contribution in [2.75, 3.05) is 14.1 Å². The SMILES string of the molecule is CC(=O)O.C[C@H](c1[c-]cccc1)N(C)C.[Pd+2].c1ccc([PH+](c2ccccc2)c2ccccc2)cc1. The van der Waals surface area contributed by atoms with Gasteiger partial charge in [-0.2, -0.15) is 30.3 Å². The number of carbonyl (C=O) groups is 1. The zero-order valence-corrected chi connectivity index (χ0v) is 23.2. The van der Waals surface area contributed by atoms with E-state index in [-0.39, 0.29) is 20.4 Å². The largest absolute Gasteiger partial charge is 2.00 e. The van der Waals surface area contributed by atoms with Crippen LogP contribution in [0.25, 0.3) is 0 Å². The minimum Gasteiger partial charge on any atom is -0.481 e. The van der Waals surface area contributed by atoms with Crippen LogP contribution in [0.4, 0.5) is 0 Å². The van der Waals surface area contributed by atoms with Crippen LogP contribution in [0.5, 0.6) is 0 Å². The molecule has 0 spiro atoms. The quantitative estimate of drug-likeness (QED) is 0.197. The molecule has 0 aromatic heterocycles. The van der Waals surface area contributed by atoms with E-state index in [1.807, 2.05) is 18.2 Å². The third-order valence-electron chi connectivity index (χ3n) is 5.15. The maximum atomic E-state index is 9.00. The summed E-state index contributed by atoms with van der Waals surface area (Å²) in [6.45, 7) is 3.26. The molecule has 184 valence electrons. The summed E-state index contributed by atoms with van der Waals surface area (Å²) < 4.78 is 0. The van der Waals surface area contributed by atoms with Crippen LogP contribution < -0.4 is 15.9 Å². The predicted molar refractivity (Wildman–Crippen MR) is 147 cm³/mol. The molecule has 0 fully saturated rings. The van der Waals surface area contributed by atoms with Gasteiger partial charge in [-0.15, -0.1) is 5.56 Å². The number of carboxylic acids is 1. The number of benzene rings is 4. The van der Waals surface area contributed by atoms with E-state index in [1.165, 1.54) is 21.5 Å². The van der Waals surface area contributed by atoms with Gasteiger partial charge in [0.2, 0.25) is 0 Å². The second-order valence-electron chi connectivity index (χ2n) is 7.95. The van der Waals surface area contributed by atoms with Crippen LogP contribution in [0, 0.1) is 6.07 Å². The maximum Gasteiger partial charge on any atom is 2.00 e. The van der Waals surface area contributed by atoms with E-state index in [0.717, 1.165) is 6.92 Å². The van der Waals surface area contributed by atoms with Crippen LogP contribution in [0.3, 0.4) is 0 Å². The fourth-order valence-corrected chi connectivity index (χ4v) is 5.84. The van der Waals surface area contributed by atoms with Gasteiger partial charge in [0.05, 0.1) is 7.92 Å². The van der Waals surface area contributed by atoms with Crippen LogP contribution in [0.2, 0.25) is 0 Å². The third kappa shape index (κ3) is 11.1. The molecule has 0 amide bonds. The van der Waals surface area contributed by atoms with E-state index in [0.29, 0.717) is 6.04 Å². The van der Waals surface area contributed by atoms with E-state index >= 15 is 0 Å². The number of nitrogens with zero attached hydrogens (tertiary/aromatic N) is 1. The van der Waals surface area contributed by atoms with Gasteiger partial charge >= 0.3 is 20.4 Å². The fraction of sp³-hybridized carbons (Fsp3) is 0.167. The minimum atomic E-state index is -0.877. The molecule has 4 aromatic rings. The van der Waals surface area contributed by atoms with Crippen molar-refractivity contribution in [3.63, 3.8) is 0 Å². The van der Waals surface area contributed by atoms with Crippen LogP contribution in [0.1, 0.15) is 25.5 Å². The molecule has 5 heteroatoms. The van der Waals surface area contributed by atoms with Crippen molar-refractivity contribution >= 4 is 29.8 Å². The van der Waals surface area contributed by atoms with Crippen molar-refractivity contribution in [1.29, 1.82) is 0 Å². The monoisotopic (exact) mass is 577 g/mol. The first kappa shape index (κ1) is 30.4. The molecule has 1 N–H and O–H groups in total. The van der Waals surface area contributed by atoms with Gasteiger partial charge in [0, 0.05) is 13.0 Å². The van der Waals surface area contributed by atoms with Gasteiger partial charge in [-0.25, -0.2) is 0 Å². The molecule has 0 heterocycles. The molecular weight excluding hydrogens is 544 g/mol. The molecule has 0 radical (unpaired) electrons. The summed E-state index contributed by atoms with van der Waals surface area (Å²) in [4.78, 5) is 11.2. The molecule has 4 aromatic carbocycles. The molecule has 0 bridgehead atoms. The summed E-state index contributed by atoms with van der Waals surface area (Å²) in [6.07, 6.45) is 0. The number of hydrogen-bond donors (Lipinski definition) is 1. The molecular formula is C30H34NO2PPd+2. The topological polar surface area (TPSA) is 40.5 Å². The first-order chi connectivity index (χ1) is 16.4. The van der Waals surface area contributed by atoms with Gasteiger partial charge in [0.25, 0.3) is 5.97 Å². The molecule has 3 nitrogen and oxygen atoms in total. The Hall–Kier alpha value is -2.60. The third-order valence-corrected chi connectivity index (χ3v) is 7.88. The van der Waals surface area contributed by atoms with E-state index in [4.69, 9.17) is 9.90 Å². The molecule has 0 unspecified atom stereocenters. The van der Waals surface area contributed by atoms with Crippen molar-refractivity contribution in [2.45, 2.75) is 19.9 Å². The second kappa shape index (κ2) is 16.9. The van der Waals surface area contributed by atoms with Gasteiger partial charge < -0.3 is 10.0 Å². The molecule has 0 saturated heterocycles. The van der Waals surface area contributed by atoms with Crippen molar-refractivity contribution in [1.82, 2.24) is 4.90 Å². The predicted octanol–water partition coefficient (Wildman–Crippen LogP) is 5.37. The van der Waals surface area contributed by atoms with Crippen LogP contribution in [0.15, 0.2) is 115 Å². The maximum absolute atomic E-state index is 9.00. The van der Waals surface area contributed by atoms with E-state index in [2.05, 4.69) is 129 Å².